The number of nitrogens with zero attached hydrogens (tertiary/aromatic N) is 3. The van der Waals surface area contributed by atoms with Crippen LogP contribution in [0.2, 0.25) is 0 Å². The minimum atomic E-state index is 0.755. The van der Waals surface area contributed by atoms with Crippen LogP contribution in [0.15, 0.2) is 6.33 Å². The summed E-state index contributed by atoms with van der Waals surface area (Å²) >= 11 is 0. The van der Waals surface area contributed by atoms with E-state index in [0.717, 1.165) is 61.4 Å². The van der Waals surface area contributed by atoms with Crippen LogP contribution in [0.1, 0.15) is 39.5 Å². The third-order valence-corrected chi connectivity index (χ3v) is 3.00. The van der Waals surface area contributed by atoms with Gasteiger partial charge in [0.1, 0.15) is 11.0 Å². The summed E-state index contributed by atoms with van der Waals surface area (Å²) in [7, 11) is 0. The number of unbranched alkanes of at least 4 members (excludes halogenated alkanes) is 2. The van der Waals surface area contributed by atoms with E-state index in [1.165, 1.54) is 0 Å². The van der Waals surface area contributed by atoms with Crippen LogP contribution in [0.5, 0.6) is 0 Å². The largest absolute Gasteiger partial charge is 0.367 e. The van der Waals surface area contributed by atoms with Crippen LogP contribution in [-0.2, 0) is 0 Å². The van der Waals surface area contributed by atoms with Crippen LogP contribution in [0.25, 0.3) is 11.0 Å². The maximum Gasteiger partial charge on any atom is 0.177 e. The van der Waals surface area contributed by atoms with Gasteiger partial charge in [0.2, 0.25) is 0 Å². The molecule has 0 unspecified atom stereocenters. The highest BCUT2D eigenvalue weighted by Gasteiger charge is 2.10. The highest BCUT2D eigenvalue weighted by Crippen LogP contribution is 2.22. The molecule has 0 aliphatic heterocycles. The van der Waals surface area contributed by atoms with Gasteiger partial charge in [-0.2, -0.15) is 0 Å². The van der Waals surface area contributed by atoms with Crippen LogP contribution in [0, 0.1) is 0 Å². The lowest BCUT2D eigenvalue weighted by atomic mass is 10.3. The average Bonchev–Trinajstić information content (AvgIpc) is 2.91. The van der Waals surface area contributed by atoms with E-state index in [-0.39, 0.29) is 0 Å². The van der Waals surface area contributed by atoms with Crippen LogP contribution in [0.3, 0.4) is 0 Å². The Morgan fingerprint density at radius 2 is 1.63 bits per heavy atom. The molecule has 0 spiro atoms. The molecule has 0 aliphatic carbocycles. The topological polar surface area (TPSA) is 78.5 Å². The van der Waals surface area contributed by atoms with Crippen LogP contribution in [-0.4, -0.2) is 33.3 Å². The second-order valence-corrected chi connectivity index (χ2v) is 4.58. The fraction of sp³-hybridized carbons (Fsp3) is 0.615. The molecule has 2 heterocycles. The van der Waals surface area contributed by atoms with Gasteiger partial charge in [-0.15, -0.1) is 10.2 Å². The second-order valence-electron chi connectivity index (χ2n) is 4.58. The highest BCUT2D eigenvalue weighted by molar-refractivity contribution is 5.92. The van der Waals surface area contributed by atoms with E-state index < -0.39 is 0 Å². The minimum Gasteiger partial charge on any atom is -0.367 e. The summed E-state index contributed by atoms with van der Waals surface area (Å²) in [5.74, 6) is 1.53. The molecule has 19 heavy (non-hydrogen) atoms. The van der Waals surface area contributed by atoms with Gasteiger partial charge in [0.15, 0.2) is 11.6 Å². The molecule has 2 rings (SSSR count). The SMILES string of the molecule is CCCCNc1nnc(NCCCC)c2[nH]cnc12. The van der Waals surface area contributed by atoms with Gasteiger partial charge in [-0.1, -0.05) is 26.7 Å². The third kappa shape index (κ3) is 3.33. The molecule has 0 fully saturated rings. The van der Waals surface area contributed by atoms with Crippen molar-refractivity contribution in [3.05, 3.63) is 6.33 Å². The molecule has 2 aromatic heterocycles. The summed E-state index contributed by atoms with van der Waals surface area (Å²) in [5, 5.41) is 15.0. The molecule has 3 N–H and O–H groups in total. The average molecular weight is 262 g/mol. The lowest BCUT2D eigenvalue weighted by molar-refractivity contribution is 0.822. The van der Waals surface area contributed by atoms with E-state index >= 15 is 0 Å². The number of hydrogen-bond donors (Lipinski definition) is 3. The molecule has 0 aromatic carbocycles. The molecule has 2 aromatic rings. The first-order valence-electron chi connectivity index (χ1n) is 7.04. The van der Waals surface area contributed by atoms with Crippen molar-refractivity contribution < 1.29 is 0 Å². The van der Waals surface area contributed by atoms with Gasteiger partial charge in [0.05, 0.1) is 6.33 Å². The first-order chi connectivity index (χ1) is 9.36. The van der Waals surface area contributed by atoms with E-state index in [1.807, 2.05) is 0 Å². The van der Waals surface area contributed by atoms with Crippen molar-refractivity contribution in [3.8, 4) is 0 Å². The number of nitrogens with one attached hydrogen (secondary N) is 3. The van der Waals surface area contributed by atoms with E-state index in [9.17, 15) is 0 Å². The Kier molecular flexibility index (Phi) is 4.94. The first kappa shape index (κ1) is 13.6. The maximum absolute atomic E-state index is 4.33. The Balaban J connectivity index is 2.13. The van der Waals surface area contributed by atoms with Crippen molar-refractivity contribution in [1.82, 2.24) is 20.2 Å². The molecule has 0 aliphatic rings. The summed E-state index contributed by atoms with van der Waals surface area (Å²) in [4.78, 5) is 7.46. The molecule has 0 atom stereocenters. The number of fused-ring (bicyclic) bond motifs is 1. The lowest BCUT2D eigenvalue weighted by Gasteiger charge is -2.08. The van der Waals surface area contributed by atoms with Crippen LogP contribution >= 0.6 is 0 Å². The van der Waals surface area contributed by atoms with Crippen molar-refractivity contribution in [2.75, 3.05) is 23.7 Å². The summed E-state index contributed by atoms with van der Waals surface area (Å²) in [5.41, 5.74) is 1.77. The van der Waals surface area contributed by atoms with Crippen LogP contribution < -0.4 is 10.6 Å². The standard InChI is InChI=1S/C13H22N6/c1-3-5-7-14-12-10-11(17-9-16-10)13(19-18-12)15-8-6-4-2/h9H,3-8H2,1-2H3,(H,14,18)(H,15,19)(H,16,17). The number of hydrogen-bond acceptors (Lipinski definition) is 5. The van der Waals surface area contributed by atoms with Crippen molar-refractivity contribution >= 4 is 22.7 Å². The van der Waals surface area contributed by atoms with Crippen molar-refractivity contribution in [2.24, 2.45) is 0 Å². The van der Waals surface area contributed by atoms with Gasteiger partial charge >= 0.3 is 0 Å². The number of anilines is 2. The van der Waals surface area contributed by atoms with Gasteiger partial charge in [-0.3, -0.25) is 0 Å². The zero-order valence-corrected chi connectivity index (χ0v) is 11.7. The molecule has 0 radical (unpaired) electrons. The molecule has 6 heteroatoms. The smallest absolute Gasteiger partial charge is 0.177 e. The highest BCUT2D eigenvalue weighted by atomic mass is 15.2. The summed E-state index contributed by atoms with van der Waals surface area (Å²) < 4.78 is 0. The molecule has 0 amide bonds. The van der Waals surface area contributed by atoms with E-state index in [4.69, 9.17) is 0 Å². The summed E-state index contributed by atoms with van der Waals surface area (Å²) in [6.07, 6.45) is 6.23. The van der Waals surface area contributed by atoms with Gasteiger partial charge in [-0.25, -0.2) is 4.98 Å². The molecule has 104 valence electrons. The number of H-pyrrole nitrogens is 1. The van der Waals surface area contributed by atoms with E-state index in [1.54, 1.807) is 6.33 Å². The Labute approximate surface area is 113 Å². The monoisotopic (exact) mass is 262 g/mol. The normalized spacial score (nSPS) is 10.8. The molecule has 6 nitrogen and oxygen atoms in total. The molecule has 0 saturated carbocycles. The Morgan fingerprint density at radius 1 is 1.00 bits per heavy atom. The Morgan fingerprint density at radius 3 is 2.32 bits per heavy atom. The van der Waals surface area contributed by atoms with E-state index in [0.29, 0.717) is 0 Å². The fourth-order valence-electron chi connectivity index (χ4n) is 1.86. The van der Waals surface area contributed by atoms with Gasteiger partial charge < -0.3 is 15.6 Å². The molecule has 0 bridgehead atoms. The van der Waals surface area contributed by atoms with Gasteiger partial charge in [0.25, 0.3) is 0 Å². The first-order valence-corrected chi connectivity index (χ1v) is 7.04. The predicted octanol–water partition coefficient (Wildman–Crippen LogP) is 2.78. The van der Waals surface area contributed by atoms with Crippen molar-refractivity contribution in [2.45, 2.75) is 39.5 Å². The number of aromatic amines is 1. The zero-order chi connectivity index (χ0) is 13.5. The van der Waals surface area contributed by atoms with Crippen LogP contribution in [0.4, 0.5) is 11.6 Å². The Hall–Kier alpha value is -1.85. The quantitative estimate of drug-likeness (QED) is 0.638. The minimum absolute atomic E-state index is 0.755. The summed E-state index contributed by atoms with van der Waals surface area (Å²) in [6.45, 7) is 6.13. The molecule has 0 saturated heterocycles. The predicted molar refractivity (Wildman–Crippen MR) is 78.5 cm³/mol. The third-order valence-electron chi connectivity index (χ3n) is 3.00. The number of aromatic nitrogens is 4. The fourth-order valence-corrected chi connectivity index (χ4v) is 1.86. The molecular formula is C13H22N6. The van der Waals surface area contributed by atoms with Gasteiger partial charge in [0, 0.05) is 13.1 Å². The lowest BCUT2D eigenvalue weighted by Crippen LogP contribution is -2.08. The van der Waals surface area contributed by atoms with Crippen molar-refractivity contribution in [1.29, 1.82) is 0 Å². The number of rotatable bonds is 8. The Bertz CT molecular complexity index is 463. The van der Waals surface area contributed by atoms with Crippen molar-refractivity contribution in [3.63, 3.8) is 0 Å². The number of imidazole rings is 1. The molecular weight excluding hydrogens is 240 g/mol. The van der Waals surface area contributed by atoms with Gasteiger partial charge in [-0.05, 0) is 12.8 Å². The zero-order valence-electron chi connectivity index (χ0n) is 11.7. The van der Waals surface area contributed by atoms with E-state index in [2.05, 4.69) is 44.6 Å². The summed E-state index contributed by atoms with van der Waals surface area (Å²) in [6, 6.07) is 0. The second kappa shape index (κ2) is 6.92. The maximum atomic E-state index is 4.33.